The minimum absolute atomic E-state index is 0.0309. The second kappa shape index (κ2) is 7.04. The zero-order chi connectivity index (χ0) is 16.2. The van der Waals surface area contributed by atoms with Gasteiger partial charge in [0.15, 0.2) is 0 Å². The van der Waals surface area contributed by atoms with E-state index >= 15 is 0 Å². The first-order valence-electron chi connectivity index (χ1n) is 6.81. The van der Waals surface area contributed by atoms with Gasteiger partial charge in [0.1, 0.15) is 0 Å². The van der Waals surface area contributed by atoms with Crippen LogP contribution in [0.3, 0.4) is 0 Å². The number of thiophene rings is 1. The molecule has 0 atom stereocenters. The molecule has 0 aliphatic carbocycles. The molecule has 1 aromatic heterocycles. The van der Waals surface area contributed by atoms with Crippen LogP contribution in [0.25, 0.3) is 0 Å². The van der Waals surface area contributed by atoms with E-state index in [1.54, 1.807) is 0 Å². The van der Waals surface area contributed by atoms with Gasteiger partial charge in [-0.3, -0.25) is 4.79 Å². The minimum atomic E-state index is -3.58. The van der Waals surface area contributed by atoms with E-state index in [-0.39, 0.29) is 23.4 Å². The van der Waals surface area contributed by atoms with E-state index in [2.05, 4.69) is 10.0 Å². The molecule has 2 rings (SSSR count). The van der Waals surface area contributed by atoms with E-state index in [9.17, 15) is 13.2 Å². The van der Waals surface area contributed by atoms with Crippen molar-refractivity contribution in [3.63, 3.8) is 0 Å². The summed E-state index contributed by atoms with van der Waals surface area (Å²) in [7, 11) is -3.58. The molecule has 0 fully saturated rings. The fourth-order valence-corrected chi connectivity index (χ4v) is 3.54. The number of hydrogen-bond donors (Lipinski definition) is 2. The molecule has 0 saturated heterocycles. The van der Waals surface area contributed by atoms with Crippen LogP contribution in [0.4, 0.5) is 0 Å². The van der Waals surface area contributed by atoms with Crippen molar-refractivity contribution in [1.82, 2.24) is 10.0 Å². The molecule has 5 nitrogen and oxygen atoms in total. The summed E-state index contributed by atoms with van der Waals surface area (Å²) in [5.41, 5.74) is 0.436. The summed E-state index contributed by atoms with van der Waals surface area (Å²) < 4.78 is 26.9. The Kier molecular flexibility index (Phi) is 5.33. The molecule has 0 aliphatic rings. The molecule has 1 aromatic carbocycles. The van der Waals surface area contributed by atoms with Crippen LogP contribution < -0.4 is 10.0 Å². The first-order valence-corrected chi connectivity index (χ1v) is 9.18. The molecule has 7 heteroatoms. The predicted molar refractivity (Wildman–Crippen MR) is 87.4 cm³/mol. The van der Waals surface area contributed by atoms with Gasteiger partial charge in [-0.2, -0.15) is 0 Å². The smallest absolute Gasteiger partial charge is 0.251 e. The maximum absolute atomic E-state index is 12.2. The Labute approximate surface area is 134 Å². The summed E-state index contributed by atoms with van der Waals surface area (Å²) in [5, 5.41) is 4.65. The number of amides is 1. The minimum Gasteiger partial charge on any atom is -0.350 e. The van der Waals surface area contributed by atoms with E-state index in [1.165, 1.54) is 35.6 Å². The average molecular weight is 338 g/mol. The molecule has 0 saturated carbocycles. The van der Waals surface area contributed by atoms with Gasteiger partial charge in [-0.1, -0.05) is 6.07 Å². The third kappa shape index (κ3) is 4.40. The molecular formula is C15H18N2O3S2. The van der Waals surface area contributed by atoms with Crippen LogP contribution >= 0.6 is 11.3 Å². The first kappa shape index (κ1) is 16.7. The van der Waals surface area contributed by atoms with Crippen molar-refractivity contribution in [3.05, 3.63) is 52.2 Å². The van der Waals surface area contributed by atoms with Crippen LogP contribution in [0.1, 0.15) is 29.1 Å². The molecule has 1 amide bonds. The van der Waals surface area contributed by atoms with Crippen molar-refractivity contribution in [2.24, 2.45) is 0 Å². The van der Waals surface area contributed by atoms with Gasteiger partial charge in [0, 0.05) is 23.0 Å². The van der Waals surface area contributed by atoms with Crippen molar-refractivity contribution in [1.29, 1.82) is 0 Å². The normalized spacial score (nSPS) is 11.6. The molecular weight excluding hydrogens is 320 g/mol. The van der Waals surface area contributed by atoms with Crippen LogP contribution in [0, 0.1) is 0 Å². The highest BCUT2D eigenvalue weighted by molar-refractivity contribution is 7.89. The fraction of sp³-hybridized carbons (Fsp3) is 0.267. The predicted octanol–water partition coefficient (Wildman–Crippen LogP) is 2.36. The number of rotatable bonds is 6. The van der Waals surface area contributed by atoms with Crippen LogP contribution in [-0.4, -0.2) is 20.4 Å². The lowest BCUT2D eigenvalue weighted by atomic mass is 10.2. The number of sulfonamides is 1. The monoisotopic (exact) mass is 338 g/mol. The van der Waals surface area contributed by atoms with Crippen LogP contribution in [-0.2, 0) is 16.6 Å². The Balaban J connectivity index is 2.06. The Morgan fingerprint density at radius 1 is 1.18 bits per heavy atom. The van der Waals surface area contributed by atoms with E-state index in [0.717, 1.165) is 4.88 Å². The Morgan fingerprint density at radius 2 is 1.86 bits per heavy atom. The molecule has 2 N–H and O–H groups in total. The molecule has 2 aromatic rings. The summed E-state index contributed by atoms with van der Waals surface area (Å²) in [5.74, 6) is -0.217. The van der Waals surface area contributed by atoms with Crippen molar-refractivity contribution >= 4 is 27.3 Å². The van der Waals surface area contributed by atoms with Crippen molar-refractivity contribution < 1.29 is 13.2 Å². The lowest BCUT2D eigenvalue weighted by Gasteiger charge is -2.09. The zero-order valence-electron chi connectivity index (χ0n) is 12.4. The van der Waals surface area contributed by atoms with Gasteiger partial charge in [-0.05, 0) is 49.6 Å². The van der Waals surface area contributed by atoms with Crippen molar-refractivity contribution in [3.8, 4) is 0 Å². The van der Waals surface area contributed by atoms with E-state index in [0.29, 0.717) is 5.56 Å². The molecule has 0 radical (unpaired) electrons. The van der Waals surface area contributed by atoms with Gasteiger partial charge in [0.25, 0.3) is 5.91 Å². The highest BCUT2D eigenvalue weighted by Gasteiger charge is 2.15. The number of nitrogens with one attached hydrogen (secondary N) is 2. The maximum atomic E-state index is 12.2. The largest absolute Gasteiger partial charge is 0.350 e. The number of benzene rings is 1. The molecule has 118 valence electrons. The topological polar surface area (TPSA) is 75.3 Å². The quantitative estimate of drug-likeness (QED) is 0.849. The number of carbonyl (C=O) groups is 1. The van der Waals surface area contributed by atoms with Gasteiger partial charge in [-0.15, -0.1) is 11.3 Å². The SMILES string of the molecule is CC(C)NC(=O)c1ccc(S(=O)(=O)NCc2cccs2)cc1. The summed E-state index contributed by atoms with van der Waals surface area (Å²) in [4.78, 5) is 12.9. The lowest BCUT2D eigenvalue weighted by Crippen LogP contribution is -2.30. The summed E-state index contributed by atoms with van der Waals surface area (Å²) in [6.45, 7) is 3.99. The van der Waals surface area contributed by atoms with Crippen LogP contribution in [0.15, 0.2) is 46.7 Å². The van der Waals surface area contributed by atoms with Gasteiger partial charge >= 0.3 is 0 Å². The number of hydrogen-bond acceptors (Lipinski definition) is 4. The second-order valence-electron chi connectivity index (χ2n) is 5.06. The fourth-order valence-electron chi connectivity index (χ4n) is 1.79. The zero-order valence-corrected chi connectivity index (χ0v) is 14.0. The highest BCUT2D eigenvalue weighted by Crippen LogP contribution is 2.13. The van der Waals surface area contributed by atoms with E-state index in [4.69, 9.17) is 0 Å². The Hall–Kier alpha value is -1.70. The number of carbonyl (C=O) groups excluding carboxylic acids is 1. The van der Waals surface area contributed by atoms with Crippen LogP contribution in [0.2, 0.25) is 0 Å². The van der Waals surface area contributed by atoms with E-state index < -0.39 is 10.0 Å². The molecule has 0 unspecified atom stereocenters. The van der Waals surface area contributed by atoms with Gasteiger partial charge in [-0.25, -0.2) is 13.1 Å². The van der Waals surface area contributed by atoms with Gasteiger partial charge in [0.05, 0.1) is 4.90 Å². The third-order valence-corrected chi connectivity index (χ3v) is 5.16. The first-order chi connectivity index (χ1) is 10.4. The van der Waals surface area contributed by atoms with E-state index in [1.807, 2.05) is 31.4 Å². The van der Waals surface area contributed by atoms with Crippen molar-refractivity contribution in [2.75, 3.05) is 0 Å². The van der Waals surface area contributed by atoms with Gasteiger partial charge < -0.3 is 5.32 Å². The summed E-state index contributed by atoms with van der Waals surface area (Å²) >= 11 is 1.49. The summed E-state index contributed by atoms with van der Waals surface area (Å²) in [6.07, 6.45) is 0. The lowest BCUT2D eigenvalue weighted by molar-refractivity contribution is 0.0943. The Morgan fingerprint density at radius 3 is 2.41 bits per heavy atom. The molecule has 0 bridgehead atoms. The molecule has 1 heterocycles. The maximum Gasteiger partial charge on any atom is 0.251 e. The summed E-state index contributed by atoms with van der Waals surface area (Å²) in [6, 6.07) is 9.67. The third-order valence-electron chi connectivity index (χ3n) is 2.86. The van der Waals surface area contributed by atoms with Gasteiger partial charge in [0.2, 0.25) is 10.0 Å². The highest BCUT2D eigenvalue weighted by atomic mass is 32.2. The molecule has 0 spiro atoms. The average Bonchev–Trinajstić information content (AvgIpc) is 2.98. The molecule has 22 heavy (non-hydrogen) atoms. The molecule has 0 aliphatic heterocycles. The van der Waals surface area contributed by atoms with Crippen molar-refractivity contribution in [2.45, 2.75) is 31.3 Å². The Bertz CT molecular complexity index is 721. The standard InChI is InChI=1S/C15H18N2O3S2/c1-11(2)17-15(18)12-5-7-14(8-6-12)22(19,20)16-10-13-4-3-9-21-13/h3-9,11,16H,10H2,1-2H3,(H,17,18). The second-order valence-corrected chi connectivity index (χ2v) is 7.86. The van der Waals surface area contributed by atoms with Crippen LogP contribution in [0.5, 0.6) is 0 Å².